The summed E-state index contributed by atoms with van der Waals surface area (Å²) in [6.07, 6.45) is 4.77. The maximum atomic E-state index is 12.8. The van der Waals surface area contributed by atoms with Crippen molar-refractivity contribution in [2.24, 2.45) is 0 Å². The summed E-state index contributed by atoms with van der Waals surface area (Å²) < 4.78 is 1.32. The van der Waals surface area contributed by atoms with E-state index in [0.717, 1.165) is 24.3 Å². The molecule has 1 aliphatic rings. The monoisotopic (exact) mass is 318 g/mol. The maximum Gasteiger partial charge on any atom is 0.274 e. The molecule has 0 bridgehead atoms. The predicted molar refractivity (Wildman–Crippen MR) is 83.9 cm³/mol. The maximum absolute atomic E-state index is 12.8. The van der Waals surface area contributed by atoms with Gasteiger partial charge in [0.2, 0.25) is 0 Å². The van der Waals surface area contributed by atoms with Crippen molar-refractivity contribution in [2.75, 3.05) is 6.54 Å². The van der Waals surface area contributed by atoms with Crippen LogP contribution in [-0.2, 0) is 6.54 Å². The Labute approximate surface area is 132 Å². The van der Waals surface area contributed by atoms with Gasteiger partial charge in [-0.1, -0.05) is 0 Å². The molecule has 0 spiro atoms. The third-order valence-corrected chi connectivity index (χ3v) is 4.76. The summed E-state index contributed by atoms with van der Waals surface area (Å²) in [6, 6.07) is 2.95. The van der Waals surface area contributed by atoms with Crippen molar-refractivity contribution >= 4 is 17.2 Å². The van der Waals surface area contributed by atoms with Crippen LogP contribution in [0.15, 0.2) is 28.5 Å². The number of aromatic nitrogens is 3. The standard InChI is InChI=1S/C15H18N4O2S/c1-2-19-13(20)7-6-11(17-19)15(21)18-9-4-3-5-12(18)14-16-8-10-22-14/h6-8,10,12H,2-5,9H2,1H3. The number of hydrogen-bond acceptors (Lipinski definition) is 5. The molecule has 1 fully saturated rings. The van der Waals surface area contributed by atoms with E-state index in [2.05, 4.69) is 10.1 Å². The molecule has 0 N–H and O–H groups in total. The highest BCUT2D eigenvalue weighted by atomic mass is 32.1. The Morgan fingerprint density at radius 1 is 1.41 bits per heavy atom. The molecule has 1 unspecified atom stereocenters. The Kier molecular flexibility index (Phi) is 4.33. The molecule has 1 atom stereocenters. The summed E-state index contributed by atoms with van der Waals surface area (Å²) in [5, 5.41) is 7.08. The summed E-state index contributed by atoms with van der Waals surface area (Å²) in [6.45, 7) is 2.99. The molecule has 2 aromatic heterocycles. The van der Waals surface area contributed by atoms with E-state index in [1.165, 1.54) is 16.8 Å². The number of rotatable bonds is 3. The number of likely N-dealkylation sites (tertiary alicyclic amines) is 1. The van der Waals surface area contributed by atoms with Crippen LogP contribution < -0.4 is 5.56 Å². The second-order valence-corrected chi connectivity index (χ2v) is 6.18. The first-order valence-electron chi connectivity index (χ1n) is 7.49. The summed E-state index contributed by atoms with van der Waals surface area (Å²) in [5.41, 5.74) is 0.138. The minimum atomic E-state index is -0.186. The second kappa shape index (κ2) is 6.39. The normalized spacial score (nSPS) is 18.4. The highest BCUT2D eigenvalue weighted by molar-refractivity contribution is 7.09. The molecule has 6 nitrogen and oxygen atoms in total. The number of aryl methyl sites for hydroxylation is 1. The fraction of sp³-hybridized carbons (Fsp3) is 0.467. The van der Waals surface area contributed by atoms with Crippen molar-refractivity contribution < 1.29 is 4.79 Å². The van der Waals surface area contributed by atoms with Gasteiger partial charge in [0.1, 0.15) is 10.7 Å². The van der Waals surface area contributed by atoms with E-state index in [1.54, 1.807) is 17.5 Å². The fourth-order valence-electron chi connectivity index (χ4n) is 2.77. The molecule has 0 saturated carbocycles. The first kappa shape index (κ1) is 14.9. The van der Waals surface area contributed by atoms with E-state index in [1.807, 2.05) is 17.2 Å². The van der Waals surface area contributed by atoms with Crippen molar-refractivity contribution in [2.45, 2.75) is 38.8 Å². The third-order valence-electron chi connectivity index (χ3n) is 3.89. The first-order chi connectivity index (χ1) is 10.7. The van der Waals surface area contributed by atoms with Crippen molar-refractivity contribution in [3.05, 3.63) is 44.8 Å². The minimum Gasteiger partial charge on any atom is -0.328 e. The van der Waals surface area contributed by atoms with Crippen LogP contribution in [0.3, 0.4) is 0 Å². The molecular weight excluding hydrogens is 300 g/mol. The van der Waals surface area contributed by atoms with Crippen LogP contribution in [0.25, 0.3) is 0 Å². The molecular formula is C15H18N4O2S. The topological polar surface area (TPSA) is 68.1 Å². The van der Waals surface area contributed by atoms with Crippen LogP contribution in [0, 0.1) is 0 Å². The van der Waals surface area contributed by atoms with E-state index in [-0.39, 0.29) is 17.5 Å². The Morgan fingerprint density at radius 2 is 2.27 bits per heavy atom. The lowest BCUT2D eigenvalue weighted by molar-refractivity contribution is 0.0602. The third kappa shape index (κ3) is 2.81. The van der Waals surface area contributed by atoms with E-state index in [4.69, 9.17) is 0 Å². The van der Waals surface area contributed by atoms with Crippen LogP contribution >= 0.6 is 11.3 Å². The Morgan fingerprint density at radius 3 is 3.00 bits per heavy atom. The predicted octanol–water partition coefficient (Wildman–Crippen LogP) is 2.09. The van der Waals surface area contributed by atoms with Crippen molar-refractivity contribution in [3.8, 4) is 0 Å². The quantitative estimate of drug-likeness (QED) is 0.869. The lowest BCUT2D eigenvalue weighted by atomic mass is 10.0. The molecule has 0 radical (unpaired) electrons. The van der Waals surface area contributed by atoms with Crippen molar-refractivity contribution in [1.82, 2.24) is 19.7 Å². The smallest absolute Gasteiger partial charge is 0.274 e. The highest BCUT2D eigenvalue weighted by Gasteiger charge is 2.31. The zero-order chi connectivity index (χ0) is 15.5. The number of carbonyl (C=O) groups excluding carboxylic acids is 1. The van der Waals surface area contributed by atoms with Crippen LogP contribution in [0.4, 0.5) is 0 Å². The summed E-state index contributed by atoms with van der Waals surface area (Å²) in [4.78, 5) is 30.6. The van der Waals surface area contributed by atoms with E-state index < -0.39 is 0 Å². The van der Waals surface area contributed by atoms with Gasteiger partial charge in [-0.25, -0.2) is 9.67 Å². The van der Waals surface area contributed by atoms with Crippen molar-refractivity contribution in [3.63, 3.8) is 0 Å². The zero-order valence-corrected chi connectivity index (χ0v) is 13.3. The average Bonchev–Trinajstić information content (AvgIpc) is 3.09. The number of thiazole rings is 1. The summed E-state index contributed by atoms with van der Waals surface area (Å²) in [7, 11) is 0. The van der Waals surface area contributed by atoms with Gasteiger partial charge in [-0.2, -0.15) is 5.10 Å². The first-order valence-corrected chi connectivity index (χ1v) is 8.37. The lowest BCUT2D eigenvalue weighted by Crippen LogP contribution is -2.39. The van der Waals surface area contributed by atoms with Gasteiger partial charge in [-0.05, 0) is 32.3 Å². The number of piperidine rings is 1. The van der Waals surface area contributed by atoms with Gasteiger partial charge in [0, 0.05) is 30.7 Å². The molecule has 0 aromatic carbocycles. The zero-order valence-electron chi connectivity index (χ0n) is 12.4. The molecule has 3 rings (SSSR count). The van der Waals surface area contributed by atoms with E-state index in [9.17, 15) is 9.59 Å². The number of nitrogens with zero attached hydrogens (tertiary/aromatic N) is 4. The number of hydrogen-bond donors (Lipinski definition) is 0. The second-order valence-electron chi connectivity index (χ2n) is 5.25. The Bertz CT molecular complexity index is 711. The molecule has 22 heavy (non-hydrogen) atoms. The van der Waals surface area contributed by atoms with Gasteiger partial charge >= 0.3 is 0 Å². The van der Waals surface area contributed by atoms with Crippen LogP contribution in [0.1, 0.15) is 47.7 Å². The molecule has 1 amide bonds. The SMILES string of the molecule is CCn1nc(C(=O)N2CCCCC2c2nccs2)ccc1=O. The molecule has 7 heteroatoms. The molecule has 2 aromatic rings. The van der Waals surface area contributed by atoms with Crippen LogP contribution in [0.5, 0.6) is 0 Å². The van der Waals surface area contributed by atoms with Gasteiger partial charge < -0.3 is 4.90 Å². The average molecular weight is 318 g/mol. The van der Waals surface area contributed by atoms with E-state index >= 15 is 0 Å². The van der Waals surface area contributed by atoms with E-state index in [0.29, 0.717) is 18.8 Å². The largest absolute Gasteiger partial charge is 0.328 e. The van der Waals surface area contributed by atoms with Crippen LogP contribution in [-0.4, -0.2) is 32.1 Å². The Hall–Kier alpha value is -2.02. The molecule has 3 heterocycles. The lowest BCUT2D eigenvalue weighted by Gasteiger charge is -2.34. The van der Waals surface area contributed by atoms with Gasteiger partial charge in [-0.3, -0.25) is 9.59 Å². The summed E-state index contributed by atoms with van der Waals surface area (Å²) in [5.74, 6) is -0.123. The molecule has 116 valence electrons. The molecule has 1 saturated heterocycles. The minimum absolute atomic E-state index is 0.0186. The van der Waals surface area contributed by atoms with Crippen molar-refractivity contribution in [1.29, 1.82) is 0 Å². The van der Waals surface area contributed by atoms with Gasteiger partial charge in [0.15, 0.2) is 0 Å². The highest BCUT2D eigenvalue weighted by Crippen LogP contribution is 2.32. The Balaban J connectivity index is 1.90. The summed E-state index contributed by atoms with van der Waals surface area (Å²) >= 11 is 1.58. The van der Waals surface area contributed by atoms with Gasteiger partial charge in [0.05, 0.1) is 6.04 Å². The van der Waals surface area contributed by atoms with Gasteiger partial charge in [-0.15, -0.1) is 11.3 Å². The molecule has 1 aliphatic heterocycles. The molecule has 0 aliphatic carbocycles. The van der Waals surface area contributed by atoms with Gasteiger partial charge in [0.25, 0.3) is 11.5 Å². The van der Waals surface area contributed by atoms with Crippen LogP contribution in [0.2, 0.25) is 0 Å². The fourth-order valence-corrected chi connectivity index (χ4v) is 3.55. The number of carbonyl (C=O) groups is 1. The number of amides is 1.